The van der Waals surface area contributed by atoms with E-state index in [2.05, 4.69) is 6.07 Å². The number of allylic oxidation sites excluding steroid dienone is 3. The number of rotatable bonds is 3. The molecule has 2 aliphatic rings. The third-order valence-electron chi connectivity index (χ3n) is 5.97. The highest BCUT2D eigenvalue weighted by Crippen LogP contribution is 2.51. The van der Waals surface area contributed by atoms with Crippen molar-refractivity contribution in [3.63, 3.8) is 0 Å². The molecule has 0 radical (unpaired) electrons. The van der Waals surface area contributed by atoms with E-state index in [1.165, 1.54) is 12.1 Å². The largest absolute Gasteiger partial charge is 0.384 e. The number of nitrogens with zero attached hydrogens (tertiary/aromatic N) is 3. The monoisotopic (exact) mass is 482 g/mol. The van der Waals surface area contributed by atoms with E-state index in [0.717, 1.165) is 0 Å². The van der Waals surface area contributed by atoms with Crippen LogP contribution in [0.3, 0.4) is 0 Å². The molecule has 0 bridgehead atoms. The highest BCUT2D eigenvalue weighted by atomic mass is 35.5. The molecule has 0 spiro atoms. The maximum Gasteiger partial charge on any atom is 0.269 e. The Morgan fingerprint density at radius 3 is 2.42 bits per heavy atom. The SMILES string of the molecule is CC1(C)CC(=O)C2=C(C1)N(c1ccc([N+](=O)[O-])cc1)C(N)=C(C#N)C2c1ccc(Cl)cc1Cl. The number of ketones is 1. The molecule has 33 heavy (non-hydrogen) atoms. The molecule has 0 saturated heterocycles. The van der Waals surface area contributed by atoms with Crippen molar-refractivity contribution < 1.29 is 9.72 Å². The molecule has 2 aromatic rings. The van der Waals surface area contributed by atoms with E-state index >= 15 is 0 Å². The summed E-state index contributed by atoms with van der Waals surface area (Å²) in [6.45, 7) is 3.99. The first-order valence-electron chi connectivity index (χ1n) is 10.2. The third kappa shape index (κ3) is 3.97. The number of hydrogen-bond donors (Lipinski definition) is 1. The Morgan fingerprint density at radius 1 is 1.18 bits per heavy atom. The maximum absolute atomic E-state index is 13.5. The number of carbonyl (C=O) groups excluding carboxylic acids is 1. The standard InChI is InChI=1S/C24H20Cl2N4O3/c1-24(2)10-19-22(20(31)11-24)21(16-8-3-13(25)9-18(16)26)17(12-27)23(28)29(19)14-4-6-15(7-5-14)30(32)33/h3-9,21H,10-11,28H2,1-2H3. The van der Waals surface area contributed by atoms with Crippen molar-refractivity contribution in [1.82, 2.24) is 0 Å². The summed E-state index contributed by atoms with van der Waals surface area (Å²) in [6.07, 6.45) is 0.826. The van der Waals surface area contributed by atoms with E-state index in [1.54, 1.807) is 35.2 Å². The van der Waals surface area contributed by atoms with E-state index in [0.29, 0.717) is 45.4 Å². The number of hydrogen-bond acceptors (Lipinski definition) is 6. The van der Waals surface area contributed by atoms with Crippen LogP contribution in [0.15, 0.2) is 65.1 Å². The third-order valence-corrected chi connectivity index (χ3v) is 6.54. The normalized spacial score (nSPS) is 19.9. The molecule has 2 N–H and O–H groups in total. The number of nitrogens with two attached hydrogens (primary N) is 1. The quantitative estimate of drug-likeness (QED) is 0.433. The number of halogens is 2. The minimum absolute atomic E-state index is 0.0705. The number of nitriles is 1. The van der Waals surface area contributed by atoms with E-state index in [9.17, 15) is 20.2 Å². The summed E-state index contributed by atoms with van der Waals surface area (Å²) < 4.78 is 0. The minimum Gasteiger partial charge on any atom is -0.384 e. The van der Waals surface area contributed by atoms with Gasteiger partial charge in [0.05, 0.1) is 22.5 Å². The number of Topliss-reactive ketones (excluding diaryl/α,β-unsaturated/α-hetero) is 1. The Labute approximate surface area is 200 Å². The predicted octanol–water partition coefficient (Wildman–Crippen LogP) is 5.84. The van der Waals surface area contributed by atoms with Gasteiger partial charge in [-0.05, 0) is 41.7 Å². The molecule has 1 aliphatic carbocycles. The van der Waals surface area contributed by atoms with Crippen LogP contribution in [-0.4, -0.2) is 10.7 Å². The Balaban J connectivity index is 1.98. The lowest BCUT2D eigenvalue weighted by atomic mass is 9.68. The first-order chi connectivity index (χ1) is 15.5. The maximum atomic E-state index is 13.5. The van der Waals surface area contributed by atoms with Crippen molar-refractivity contribution in [2.75, 3.05) is 4.90 Å². The van der Waals surface area contributed by atoms with Crippen molar-refractivity contribution in [1.29, 1.82) is 5.26 Å². The molecule has 1 unspecified atom stereocenters. The lowest BCUT2D eigenvalue weighted by Gasteiger charge is -2.43. The van der Waals surface area contributed by atoms with Gasteiger partial charge in [-0.25, -0.2) is 0 Å². The fraction of sp³-hybridized carbons (Fsp3) is 0.250. The predicted molar refractivity (Wildman–Crippen MR) is 127 cm³/mol. The van der Waals surface area contributed by atoms with Gasteiger partial charge in [-0.2, -0.15) is 5.26 Å². The van der Waals surface area contributed by atoms with E-state index < -0.39 is 10.8 Å². The van der Waals surface area contributed by atoms with Crippen molar-refractivity contribution in [2.45, 2.75) is 32.6 Å². The van der Waals surface area contributed by atoms with Crippen molar-refractivity contribution in [2.24, 2.45) is 11.1 Å². The summed E-state index contributed by atoms with van der Waals surface area (Å²) in [7, 11) is 0. The molecule has 4 rings (SSSR count). The van der Waals surface area contributed by atoms with Gasteiger partial charge in [0.15, 0.2) is 5.78 Å². The van der Waals surface area contributed by atoms with E-state index in [1.807, 2.05) is 13.8 Å². The molecule has 0 fully saturated rings. The van der Waals surface area contributed by atoms with E-state index in [4.69, 9.17) is 28.9 Å². The molecule has 1 heterocycles. The number of benzene rings is 2. The van der Waals surface area contributed by atoms with Crippen LogP contribution >= 0.6 is 23.2 Å². The number of non-ortho nitro benzene ring substituents is 1. The summed E-state index contributed by atoms with van der Waals surface area (Å²) >= 11 is 12.6. The van der Waals surface area contributed by atoms with Crippen LogP contribution in [0.5, 0.6) is 0 Å². The lowest BCUT2D eigenvalue weighted by Crippen LogP contribution is -2.42. The molecule has 0 saturated carbocycles. The second kappa shape index (κ2) is 8.22. The Hall–Kier alpha value is -3.34. The van der Waals surface area contributed by atoms with Crippen LogP contribution < -0.4 is 10.6 Å². The van der Waals surface area contributed by atoms with Gasteiger partial charge in [-0.3, -0.25) is 19.8 Å². The van der Waals surface area contributed by atoms with Gasteiger partial charge < -0.3 is 5.73 Å². The Morgan fingerprint density at radius 2 is 1.85 bits per heavy atom. The average Bonchev–Trinajstić information content (AvgIpc) is 2.72. The topological polar surface area (TPSA) is 113 Å². The van der Waals surface area contributed by atoms with Crippen molar-refractivity contribution >= 4 is 40.4 Å². The fourth-order valence-electron chi connectivity index (χ4n) is 4.57. The van der Waals surface area contributed by atoms with E-state index in [-0.39, 0.29) is 28.3 Å². The zero-order valence-electron chi connectivity index (χ0n) is 17.9. The number of nitro groups is 1. The highest BCUT2D eigenvalue weighted by molar-refractivity contribution is 6.35. The number of carbonyl (C=O) groups is 1. The Bertz CT molecular complexity index is 1290. The minimum atomic E-state index is -0.729. The summed E-state index contributed by atoms with van der Waals surface area (Å²) in [6, 6.07) is 13.0. The van der Waals surface area contributed by atoms with Crippen molar-refractivity contribution in [3.8, 4) is 6.07 Å². The highest BCUT2D eigenvalue weighted by Gasteiger charge is 2.45. The first kappa shape index (κ1) is 22.8. The molecule has 0 amide bonds. The van der Waals surface area contributed by atoms with Gasteiger partial charge in [0, 0.05) is 45.6 Å². The van der Waals surface area contributed by atoms with Crippen LogP contribution in [0, 0.1) is 26.9 Å². The first-order valence-corrected chi connectivity index (χ1v) is 10.9. The van der Waals surface area contributed by atoms with Gasteiger partial charge in [0.1, 0.15) is 5.82 Å². The van der Waals surface area contributed by atoms with Gasteiger partial charge in [0.25, 0.3) is 5.69 Å². The van der Waals surface area contributed by atoms with Crippen LogP contribution in [0.1, 0.15) is 38.2 Å². The molecule has 9 heteroatoms. The summed E-state index contributed by atoms with van der Waals surface area (Å²) in [5.74, 6) is -0.663. The molecule has 0 aromatic heterocycles. The lowest BCUT2D eigenvalue weighted by molar-refractivity contribution is -0.384. The molecule has 1 aliphatic heterocycles. The molecule has 1 atom stereocenters. The number of anilines is 1. The second-order valence-electron chi connectivity index (χ2n) is 8.92. The van der Waals surface area contributed by atoms with Crippen LogP contribution in [0.2, 0.25) is 10.0 Å². The molecular formula is C24H20Cl2N4O3. The van der Waals surface area contributed by atoms with Gasteiger partial charge >= 0.3 is 0 Å². The molecule has 168 valence electrons. The van der Waals surface area contributed by atoms with Crippen LogP contribution in [0.25, 0.3) is 0 Å². The number of nitro benzene ring substituents is 1. The zero-order chi connectivity index (χ0) is 24.1. The van der Waals surface area contributed by atoms with Gasteiger partial charge in [-0.15, -0.1) is 0 Å². The summed E-state index contributed by atoms with van der Waals surface area (Å²) in [4.78, 5) is 25.8. The zero-order valence-corrected chi connectivity index (χ0v) is 19.4. The van der Waals surface area contributed by atoms with Crippen molar-refractivity contribution in [3.05, 3.63) is 90.9 Å². The summed E-state index contributed by atoms with van der Waals surface area (Å²) in [5, 5.41) is 22.0. The Kier molecular flexibility index (Phi) is 5.69. The fourth-order valence-corrected chi connectivity index (χ4v) is 5.09. The second-order valence-corrected chi connectivity index (χ2v) is 9.76. The van der Waals surface area contributed by atoms with Gasteiger partial charge in [0.2, 0.25) is 0 Å². The molecular weight excluding hydrogens is 463 g/mol. The molecule has 7 nitrogen and oxygen atoms in total. The van der Waals surface area contributed by atoms with Crippen LogP contribution in [-0.2, 0) is 4.79 Å². The van der Waals surface area contributed by atoms with Crippen LogP contribution in [0.4, 0.5) is 11.4 Å². The molecule has 2 aromatic carbocycles. The average molecular weight is 483 g/mol. The van der Waals surface area contributed by atoms with Gasteiger partial charge in [-0.1, -0.05) is 43.1 Å². The summed E-state index contributed by atoms with van der Waals surface area (Å²) in [5.41, 5.74) is 8.55. The smallest absolute Gasteiger partial charge is 0.269 e.